The van der Waals surface area contributed by atoms with Crippen molar-refractivity contribution in [1.82, 2.24) is 4.90 Å². The lowest BCUT2D eigenvalue weighted by Gasteiger charge is -2.29. The van der Waals surface area contributed by atoms with Crippen molar-refractivity contribution in [2.24, 2.45) is 5.73 Å². The Morgan fingerprint density at radius 3 is 2.40 bits per heavy atom. The molecule has 112 valence electrons. The third-order valence-electron chi connectivity index (χ3n) is 3.95. The van der Waals surface area contributed by atoms with E-state index in [1.54, 1.807) is 12.1 Å². The summed E-state index contributed by atoms with van der Waals surface area (Å²) < 4.78 is 39.1. The van der Waals surface area contributed by atoms with E-state index in [9.17, 15) is 13.2 Å². The first-order chi connectivity index (χ1) is 9.52. The van der Waals surface area contributed by atoms with Crippen molar-refractivity contribution in [3.63, 3.8) is 0 Å². The molecule has 1 fully saturated rings. The minimum Gasteiger partial charge on any atom is -0.329 e. The van der Waals surface area contributed by atoms with Gasteiger partial charge in [0.1, 0.15) is 0 Å². The summed E-state index contributed by atoms with van der Waals surface area (Å²) in [5, 5.41) is 0. The lowest BCUT2D eigenvalue weighted by Crippen LogP contribution is -2.37. The Kier molecular flexibility index (Phi) is 5.05. The zero-order valence-electron chi connectivity index (χ0n) is 11.5. The highest BCUT2D eigenvalue weighted by Gasteiger charge is 2.33. The van der Waals surface area contributed by atoms with Crippen LogP contribution < -0.4 is 5.73 Å². The van der Waals surface area contributed by atoms with Crippen molar-refractivity contribution in [2.75, 3.05) is 13.1 Å². The van der Waals surface area contributed by atoms with Crippen molar-refractivity contribution in [2.45, 2.75) is 44.4 Å². The third-order valence-corrected chi connectivity index (χ3v) is 3.95. The van der Waals surface area contributed by atoms with Gasteiger partial charge in [0.25, 0.3) is 0 Å². The Morgan fingerprint density at radius 1 is 1.15 bits per heavy atom. The van der Waals surface area contributed by atoms with Crippen LogP contribution in [0.25, 0.3) is 0 Å². The van der Waals surface area contributed by atoms with Gasteiger partial charge in [0, 0.05) is 25.7 Å². The van der Waals surface area contributed by atoms with Crippen LogP contribution in [0.15, 0.2) is 24.3 Å². The highest BCUT2D eigenvalue weighted by Crippen LogP contribution is 2.33. The number of hydrogen-bond acceptors (Lipinski definition) is 2. The SMILES string of the molecule is NCCN(Cc1ccccc1C(F)(F)F)C1CCCC1. The maximum atomic E-state index is 13.0. The summed E-state index contributed by atoms with van der Waals surface area (Å²) in [7, 11) is 0. The summed E-state index contributed by atoms with van der Waals surface area (Å²) >= 11 is 0. The molecular weight excluding hydrogens is 265 g/mol. The zero-order chi connectivity index (χ0) is 14.6. The number of nitrogens with zero attached hydrogens (tertiary/aromatic N) is 1. The largest absolute Gasteiger partial charge is 0.416 e. The van der Waals surface area contributed by atoms with E-state index in [-0.39, 0.29) is 0 Å². The van der Waals surface area contributed by atoms with Crippen molar-refractivity contribution in [3.8, 4) is 0 Å². The molecule has 0 aromatic heterocycles. The molecule has 2 nitrogen and oxygen atoms in total. The Hall–Kier alpha value is -1.07. The molecule has 1 aliphatic rings. The molecule has 0 radical (unpaired) electrons. The highest BCUT2D eigenvalue weighted by molar-refractivity contribution is 5.29. The predicted octanol–water partition coefficient (Wildman–Crippen LogP) is 3.41. The Labute approximate surface area is 117 Å². The summed E-state index contributed by atoms with van der Waals surface area (Å²) in [6.07, 6.45) is 0.155. The lowest BCUT2D eigenvalue weighted by molar-refractivity contribution is -0.138. The van der Waals surface area contributed by atoms with Gasteiger partial charge in [-0.3, -0.25) is 4.90 Å². The molecule has 2 rings (SSSR count). The van der Waals surface area contributed by atoms with E-state index in [2.05, 4.69) is 4.90 Å². The van der Waals surface area contributed by atoms with E-state index in [4.69, 9.17) is 5.73 Å². The van der Waals surface area contributed by atoms with Gasteiger partial charge in [0.05, 0.1) is 5.56 Å². The summed E-state index contributed by atoms with van der Waals surface area (Å²) in [6.45, 7) is 1.46. The van der Waals surface area contributed by atoms with E-state index < -0.39 is 11.7 Å². The first-order valence-corrected chi connectivity index (χ1v) is 7.11. The van der Waals surface area contributed by atoms with Crippen LogP contribution in [0.1, 0.15) is 36.8 Å². The molecule has 1 aromatic carbocycles. The fourth-order valence-electron chi connectivity index (χ4n) is 2.98. The molecule has 2 N–H and O–H groups in total. The molecule has 20 heavy (non-hydrogen) atoms. The smallest absolute Gasteiger partial charge is 0.329 e. The fraction of sp³-hybridized carbons (Fsp3) is 0.600. The highest BCUT2D eigenvalue weighted by atomic mass is 19.4. The Bertz CT molecular complexity index is 425. The van der Waals surface area contributed by atoms with Gasteiger partial charge in [-0.15, -0.1) is 0 Å². The van der Waals surface area contributed by atoms with Gasteiger partial charge < -0.3 is 5.73 Å². The van der Waals surface area contributed by atoms with Crippen LogP contribution >= 0.6 is 0 Å². The summed E-state index contributed by atoms with van der Waals surface area (Å²) in [5.41, 5.74) is 5.43. The van der Waals surface area contributed by atoms with Gasteiger partial charge in [-0.25, -0.2) is 0 Å². The lowest BCUT2D eigenvalue weighted by atomic mass is 10.1. The van der Waals surface area contributed by atoms with Gasteiger partial charge in [0.15, 0.2) is 0 Å². The van der Waals surface area contributed by atoms with Crippen LogP contribution in [0, 0.1) is 0 Å². The molecule has 0 unspecified atom stereocenters. The number of rotatable bonds is 5. The molecule has 1 aliphatic carbocycles. The molecule has 0 amide bonds. The molecule has 0 atom stereocenters. The average Bonchev–Trinajstić information content (AvgIpc) is 2.91. The van der Waals surface area contributed by atoms with E-state index in [1.165, 1.54) is 6.07 Å². The minimum absolute atomic E-state index is 0.331. The summed E-state index contributed by atoms with van der Waals surface area (Å²) in [6, 6.07) is 6.21. The van der Waals surface area contributed by atoms with E-state index >= 15 is 0 Å². The minimum atomic E-state index is -4.29. The molecular formula is C15H21F3N2. The first kappa shape index (κ1) is 15.3. The Balaban J connectivity index is 2.17. The standard InChI is InChI=1S/C15H21F3N2/c16-15(17,18)14-8-4-1-5-12(14)11-20(10-9-19)13-6-2-3-7-13/h1,4-5,8,13H,2-3,6-7,9-11,19H2. The van der Waals surface area contributed by atoms with Crippen LogP contribution in [0.3, 0.4) is 0 Å². The third kappa shape index (κ3) is 3.73. The predicted molar refractivity (Wildman–Crippen MR) is 73.2 cm³/mol. The van der Waals surface area contributed by atoms with Crippen LogP contribution in [-0.4, -0.2) is 24.0 Å². The maximum Gasteiger partial charge on any atom is 0.416 e. The second-order valence-corrected chi connectivity index (χ2v) is 5.35. The van der Waals surface area contributed by atoms with E-state index in [1.807, 2.05) is 0 Å². The molecule has 0 bridgehead atoms. The van der Waals surface area contributed by atoms with E-state index in [0.29, 0.717) is 31.2 Å². The zero-order valence-corrected chi connectivity index (χ0v) is 11.5. The summed E-state index contributed by atoms with van der Waals surface area (Å²) in [5.74, 6) is 0. The monoisotopic (exact) mass is 286 g/mol. The van der Waals surface area contributed by atoms with Gasteiger partial charge in [-0.05, 0) is 24.5 Å². The first-order valence-electron chi connectivity index (χ1n) is 7.11. The van der Waals surface area contributed by atoms with Crippen LogP contribution in [-0.2, 0) is 12.7 Å². The van der Waals surface area contributed by atoms with Gasteiger partial charge in [-0.2, -0.15) is 13.2 Å². The van der Waals surface area contributed by atoms with Gasteiger partial charge >= 0.3 is 6.18 Å². The molecule has 0 saturated heterocycles. The van der Waals surface area contributed by atoms with Crippen molar-refractivity contribution in [1.29, 1.82) is 0 Å². The van der Waals surface area contributed by atoms with Crippen molar-refractivity contribution < 1.29 is 13.2 Å². The molecule has 5 heteroatoms. The maximum absolute atomic E-state index is 13.0. The number of benzene rings is 1. The van der Waals surface area contributed by atoms with Gasteiger partial charge in [0.2, 0.25) is 0 Å². The van der Waals surface area contributed by atoms with Crippen molar-refractivity contribution >= 4 is 0 Å². The number of halogens is 3. The number of hydrogen-bond donors (Lipinski definition) is 1. The summed E-state index contributed by atoms with van der Waals surface area (Å²) in [4.78, 5) is 2.11. The second kappa shape index (κ2) is 6.59. The Morgan fingerprint density at radius 2 is 1.80 bits per heavy atom. The number of nitrogens with two attached hydrogens (primary N) is 1. The molecule has 0 spiro atoms. The molecule has 0 aliphatic heterocycles. The molecule has 0 heterocycles. The average molecular weight is 286 g/mol. The normalized spacial score (nSPS) is 17.1. The van der Waals surface area contributed by atoms with Crippen molar-refractivity contribution in [3.05, 3.63) is 35.4 Å². The quantitative estimate of drug-likeness (QED) is 0.898. The molecule has 1 aromatic rings. The van der Waals surface area contributed by atoms with Gasteiger partial charge in [-0.1, -0.05) is 31.0 Å². The van der Waals surface area contributed by atoms with Crippen LogP contribution in [0.5, 0.6) is 0 Å². The van der Waals surface area contributed by atoms with Crippen LogP contribution in [0.2, 0.25) is 0 Å². The van der Waals surface area contributed by atoms with E-state index in [0.717, 1.165) is 31.7 Å². The number of alkyl halides is 3. The second-order valence-electron chi connectivity index (χ2n) is 5.35. The van der Waals surface area contributed by atoms with Crippen LogP contribution in [0.4, 0.5) is 13.2 Å². The topological polar surface area (TPSA) is 29.3 Å². The fourth-order valence-corrected chi connectivity index (χ4v) is 2.98. The molecule has 1 saturated carbocycles.